The molecule has 0 aliphatic rings. The smallest absolute Gasteiger partial charge is 0.0101 e. The van der Waals surface area contributed by atoms with Crippen molar-refractivity contribution >= 4 is 0 Å². The Hall–Kier alpha value is -1.56. The normalized spacial score (nSPS) is 11.7. The molecule has 0 fully saturated rings. The van der Waals surface area contributed by atoms with Crippen molar-refractivity contribution in [1.82, 2.24) is 0 Å². The molecular formula is C22H30. The fraction of sp³-hybridized carbons (Fsp3) is 0.455. The molecule has 0 saturated carbocycles. The Morgan fingerprint density at radius 1 is 0.864 bits per heavy atom. The summed E-state index contributed by atoms with van der Waals surface area (Å²) < 4.78 is 0. The molecule has 2 aromatic carbocycles. The molecule has 0 aliphatic carbocycles. The van der Waals surface area contributed by atoms with Gasteiger partial charge in [0.05, 0.1) is 0 Å². The Kier molecular flexibility index (Phi) is 5.45. The molecule has 0 saturated heterocycles. The summed E-state index contributed by atoms with van der Waals surface area (Å²) in [6.45, 7) is 11.5. The molecule has 0 aromatic heterocycles. The van der Waals surface area contributed by atoms with Gasteiger partial charge in [-0.1, -0.05) is 63.2 Å². The van der Waals surface area contributed by atoms with E-state index in [2.05, 4.69) is 77.1 Å². The second-order valence-corrected chi connectivity index (χ2v) is 7.11. The van der Waals surface area contributed by atoms with Crippen LogP contribution >= 0.6 is 0 Å². The van der Waals surface area contributed by atoms with Crippen LogP contribution < -0.4 is 0 Å². The fourth-order valence-electron chi connectivity index (χ4n) is 3.43. The van der Waals surface area contributed by atoms with Crippen molar-refractivity contribution in [2.24, 2.45) is 0 Å². The molecule has 0 atom stereocenters. The van der Waals surface area contributed by atoms with Crippen molar-refractivity contribution in [3.63, 3.8) is 0 Å². The van der Waals surface area contributed by atoms with Gasteiger partial charge in [-0.3, -0.25) is 0 Å². The Morgan fingerprint density at radius 3 is 2.27 bits per heavy atom. The number of rotatable bonds is 6. The van der Waals surface area contributed by atoms with Crippen molar-refractivity contribution in [3.05, 3.63) is 70.3 Å². The third-order valence-corrected chi connectivity index (χ3v) is 5.09. The molecular weight excluding hydrogens is 264 g/mol. The third kappa shape index (κ3) is 3.80. The molecule has 22 heavy (non-hydrogen) atoms. The lowest BCUT2D eigenvalue weighted by Crippen LogP contribution is -2.19. The Bertz CT molecular complexity index is 620. The fourth-order valence-corrected chi connectivity index (χ4v) is 3.43. The Morgan fingerprint density at radius 2 is 1.55 bits per heavy atom. The first-order valence-corrected chi connectivity index (χ1v) is 8.59. The molecule has 0 nitrogen and oxygen atoms in total. The van der Waals surface area contributed by atoms with Gasteiger partial charge < -0.3 is 0 Å². The highest BCUT2D eigenvalue weighted by Gasteiger charge is 2.22. The Labute approximate surface area is 136 Å². The van der Waals surface area contributed by atoms with Gasteiger partial charge in [0.25, 0.3) is 0 Å². The van der Waals surface area contributed by atoms with E-state index in [0.717, 1.165) is 6.42 Å². The van der Waals surface area contributed by atoms with Crippen molar-refractivity contribution in [1.29, 1.82) is 0 Å². The van der Waals surface area contributed by atoms with Crippen LogP contribution in [0.4, 0.5) is 0 Å². The van der Waals surface area contributed by atoms with E-state index in [-0.39, 0.29) is 5.41 Å². The second-order valence-electron chi connectivity index (χ2n) is 7.11. The maximum Gasteiger partial charge on any atom is -0.0101 e. The predicted molar refractivity (Wildman–Crippen MR) is 97.7 cm³/mol. The number of hydrogen-bond acceptors (Lipinski definition) is 0. The minimum atomic E-state index is 0.254. The van der Waals surface area contributed by atoms with E-state index < -0.39 is 0 Å². The monoisotopic (exact) mass is 294 g/mol. The zero-order chi connectivity index (χ0) is 16.2. The molecule has 118 valence electrons. The maximum atomic E-state index is 2.39. The lowest BCUT2D eigenvalue weighted by Gasteiger charge is -2.28. The molecule has 0 spiro atoms. The summed E-state index contributed by atoms with van der Waals surface area (Å²) in [7, 11) is 0. The van der Waals surface area contributed by atoms with E-state index in [1.807, 2.05) is 0 Å². The molecule has 0 amide bonds. The Balaban J connectivity index is 2.05. The second kappa shape index (κ2) is 7.13. The van der Waals surface area contributed by atoms with E-state index in [1.165, 1.54) is 47.1 Å². The van der Waals surface area contributed by atoms with Gasteiger partial charge in [0.1, 0.15) is 0 Å². The highest BCUT2D eigenvalue weighted by atomic mass is 14.3. The minimum absolute atomic E-state index is 0.254. The lowest BCUT2D eigenvalue weighted by atomic mass is 9.77. The van der Waals surface area contributed by atoms with Crippen LogP contribution in [0, 0.1) is 13.8 Å². The third-order valence-electron chi connectivity index (χ3n) is 5.09. The molecule has 0 bridgehead atoms. The first-order valence-electron chi connectivity index (χ1n) is 8.59. The first-order chi connectivity index (χ1) is 10.5. The summed E-state index contributed by atoms with van der Waals surface area (Å²) in [4.78, 5) is 0. The molecule has 0 unspecified atom stereocenters. The zero-order valence-electron chi connectivity index (χ0n) is 14.9. The standard InChI is InChI=1S/C22H30/c1-6-19-12-7-8-15-21(19)22(4,5)16-10-14-20-13-9-11-17(2)18(20)3/h7-9,11-13,15H,6,10,14,16H2,1-5H3. The van der Waals surface area contributed by atoms with Gasteiger partial charge >= 0.3 is 0 Å². The van der Waals surface area contributed by atoms with Gasteiger partial charge in [-0.05, 0) is 72.8 Å². The SMILES string of the molecule is CCc1ccccc1C(C)(C)CCCc1cccc(C)c1C. The van der Waals surface area contributed by atoms with Crippen LogP contribution in [-0.4, -0.2) is 0 Å². The molecule has 0 radical (unpaired) electrons. The van der Waals surface area contributed by atoms with E-state index in [1.54, 1.807) is 0 Å². The average Bonchev–Trinajstić information content (AvgIpc) is 2.51. The minimum Gasteiger partial charge on any atom is -0.0620 e. The van der Waals surface area contributed by atoms with E-state index >= 15 is 0 Å². The van der Waals surface area contributed by atoms with E-state index in [0.29, 0.717) is 0 Å². The predicted octanol–water partition coefficient (Wildman–Crippen LogP) is 6.17. The maximum absolute atomic E-state index is 2.39. The van der Waals surface area contributed by atoms with Crippen molar-refractivity contribution in [2.45, 2.75) is 65.7 Å². The summed E-state index contributed by atoms with van der Waals surface area (Å²) >= 11 is 0. The summed E-state index contributed by atoms with van der Waals surface area (Å²) in [5, 5.41) is 0. The summed E-state index contributed by atoms with van der Waals surface area (Å²) in [5.41, 5.74) is 7.67. The van der Waals surface area contributed by atoms with Crippen LogP contribution in [0.1, 0.15) is 61.4 Å². The largest absolute Gasteiger partial charge is 0.0620 e. The van der Waals surface area contributed by atoms with E-state index in [4.69, 9.17) is 0 Å². The van der Waals surface area contributed by atoms with Crippen LogP contribution in [0.3, 0.4) is 0 Å². The van der Waals surface area contributed by atoms with Crippen LogP contribution in [0.2, 0.25) is 0 Å². The molecule has 0 N–H and O–H groups in total. The van der Waals surface area contributed by atoms with Crippen LogP contribution in [0.15, 0.2) is 42.5 Å². The highest BCUT2D eigenvalue weighted by Crippen LogP contribution is 2.32. The van der Waals surface area contributed by atoms with Crippen molar-refractivity contribution in [2.75, 3.05) is 0 Å². The van der Waals surface area contributed by atoms with Gasteiger partial charge in [-0.15, -0.1) is 0 Å². The first kappa shape index (κ1) is 16.8. The average molecular weight is 294 g/mol. The topological polar surface area (TPSA) is 0 Å². The van der Waals surface area contributed by atoms with Gasteiger partial charge in [-0.2, -0.15) is 0 Å². The summed E-state index contributed by atoms with van der Waals surface area (Å²) in [6.07, 6.45) is 4.79. The quantitative estimate of drug-likeness (QED) is 0.598. The molecule has 2 rings (SSSR count). The van der Waals surface area contributed by atoms with Gasteiger partial charge in [-0.25, -0.2) is 0 Å². The van der Waals surface area contributed by atoms with E-state index in [9.17, 15) is 0 Å². The summed E-state index contributed by atoms with van der Waals surface area (Å²) in [5.74, 6) is 0. The van der Waals surface area contributed by atoms with Gasteiger partial charge in [0.15, 0.2) is 0 Å². The molecule has 2 aromatic rings. The molecule has 0 heterocycles. The van der Waals surface area contributed by atoms with Crippen molar-refractivity contribution in [3.8, 4) is 0 Å². The highest BCUT2D eigenvalue weighted by molar-refractivity contribution is 5.34. The lowest BCUT2D eigenvalue weighted by molar-refractivity contribution is 0.457. The van der Waals surface area contributed by atoms with Crippen LogP contribution in [-0.2, 0) is 18.3 Å². The molecule has 0 aliphatic heterocycles. The zero-order valence-corrected chi connectivity index (χ0v) is 14.9. The van der Waals surface area contributed by atoms with Crippen LogP contribution in [0.25, 0.3) is 0 Å². The summed E-state index contributed by atoms with van der Waals surface area (Å²) in [6, 6.07) is 15.6. The van der Waals surface area contributed by atoms with Gasteiger partial charge in [0, 0.05) is 0 Å². The van der Waals surface area contributed by atoms with Gasteiger partial charge in [0.2, 0.25) is 0 Å². The number of hydrogen-bond donors (Lipinski definition) is 0. The number of aryl methyl sites for hydroxylation is 3. The molecule has 0 heteroatoms. The van der Waals surface area contributed by atoms with Crippen molar-refractivity contribution < 1.29 is 0 Å². The van der Waals surface area contributed by atoms with Crippen LogP contribution in [0.5, 0.6) is 0 Å². The number of benzene rings is 2.